The van der Waals surface area contributed by atoms with Crippen LogP contribution in [0.2, 0.25) is 0 Å². The lowest BCUT2D eigenvalue weighted by molar-refractivity contribution is -0.163. The van der Waals surface area contributed by atoms with E-state index < -0.39 is 0 Å². The number of anilines is 1. The van der Waals surface area contributed by atoms with Gasteiger partial charge in [-0.25, -0.2) is 9.97 Å². The van der Waals surface area contributed by atoms with Gasteiger partial charge in [-0.2, -0.15) is 0 Å². The van der Waals surface area contributed by atoms with E-state index in [-0.39, 0.29) is 23.7 Å². The van der Waals surface area contributed by atoms with Gasteiger partial charge < -0.3 is 24.6 Å². The molecule has 1 atom stereocenters. The normalized spacial score (nSPS) is 27.1. The summed E-state index contributed by atoms with van der Waals surface area (Å²) < 4.78 is 4.93. The number of carbonyl (C=O) groups is 1. The second kappa shape index (κ2) is 10.5. The number of phenolic OH excluding ortho intramolecular Hbond substituents is 1. The zero-order valence-corrected chi connectivity index (χ0v) is 25.4. The molecule has 1 aromatic carbocycles. The lowest BCUT2D eigenvalue weighted by Crippen LogP contribution is -2.58. The van der Waals surface area contributed by atoms with Gasteiger partial charge in [0.2, 0.25) is 5.95 Å². The van der Waals surface area contributed by atoms with Gasteiger partial charge in [-0.05, 0) is 93.6 Å². The number of fused-ring (bicyclic) bond motifs is 3. The highest BCUT2D eigenvalue weighted by molar-refractivity contribution is 5.86. The Hall–Kier alpha value is -4.05. The number of ether oxygens (including phenoxy) is 1. The van der Waals surface area contributed by atoms with Gasteiger partial charge in [0.1, 0.15) is 5.75 Å². The molecule has 2 N–H and O–H groups in total. The maximum Gasteiger partial charge on any atom is 0.308 e. The van der Waals surface area contributed by atoms with Crippen molar-refractivity contribution in [3.63, 3.8) is 0 Å². The van der Waals surface area contributed by atoms with Crippen LogP contribution in [0, 0.1) is 11.3 Å². The molecule has 10 nitrogen and oxygen atoms in total. The van der Waals surface area contributed by atoms with Crippen LogP contribution in [-0.2, 0) is 16.0 Å². The number of aromatic amines is 1. The van der Waals surface area contributed by atoms with E-state index in [9.17, 15) is 9.90 Å². The highest BCUT2D eigenvalue weighted by Crippen LogP contribution is 2.60. The molecule has 2 aliphatic heterocycles. The number of aromatic nitrogens is 5. The zero-order chi connectivity index (χ0) is 30.0. The van der Waals surface area contributed by atoms with Crippen molar-refractivity contribution in [3.05, 3.63) is 59.5 Å². The predicted octanol–water partition coefficient (Wildman–Crippen LogP) is 5.16. The Morgan fingerprint density at radius 3 is 2.52 bits per heavy atom. The summed E-state index contributed by atoms with van der Waals surface area (Å²) >= 11 is 0. The number of nitrogens with zero attached hydrogens (tertiary/aromatic N) is 6. The minimum atomic E-state index is -0.0280. The first-order valence-corrected chi connectivity index (χ1v) is 16.0. The molecular weight excluding hydrogens is 554 g/mol. The second-order valence-electron chi connectivity index (χ2n) is 13.5. The Morgan fingerprint density at radius 2 is 1.80 bits per heavy atom. The molecule has 4 aromatic rings. The number of H-pyrrole nitrogens is 1. The maximum atomic E-state index is 11.8. The van der Waals surface area contributed by atoms with E-state index in [0.717, 1.165) is 68.7 Å². The van der Waals surface area contributed by atoms with E-state index >= 15 is 0 Å². The van der Waals surface area contributed by atoms with Crippen LogP contribution in [0.25, 0.3) is 22.3 Å². The zero-order valence-electron chi connectivity index (χ0n) is 25.4. The first kappa shape index (κ1) is 27.5. The third kappa shape index (κ3) is 4.53. The van der Waals surface area contributed by atoms with E-state index in [1.165, 1.54) is 36.8 Å². The molecule has 8 rings (SSSR count). The Labute approximate surface area is 256 Å². The molecule has 3 aromatic heterocycles. The van der Waals surface area contributed by atoms with E-state index in [2.05, 4.69) is 31.9 Å². The van der Waals surface area contributed by atoms with Gasteiger partial charge in [0.25, 0.3) is 0 Å². The summed E-state index contributed by atoms with van der Waals surface area (Å²) in [4.78, 5) is 30.0. The molecular formula is C34H39N7O3. The summed E-state index contributed by atoms with van der Waals surface area (Å²) in [5, 5.41) is 20.3. The third-order valence-electron chi connectivity index (χ3n) is 11.0. The summed E-state index contributed by atoms with van der Waals surface area (Å²) in [6, 6.07) is 9.99. The predicted molar refractivity (Wildman–Crippen MR) is 166 cm³/mol. The summed E-state index contributed by atoms with van der Waals surface area (Å²) in [5.74, 6) is 1.54. The number of hydrogen-bond donors (Lipinski definition) is 2. The molecule has 44 heavy (non-hydrogen) atoms. The summed E-state index contributed by atoms with van der Waals surface area (Å²) in [6.07, 6.45) is 11.7. The number of methoxy groups -OCH3 is 1. The molecule has 228 valence electrons. The van der Waals surface area contributed by atoms with Gasteiger partial charge in [-0.3, -0.25) is 4.79 Å². The maximum absolute atomic E-state index is 11.8. The van der Waals surface area contributed by atoms with Gasteiger partial charge in [0.15, 0.2) is 5.65 Å². The fourth-order valence-corrected chi connectivity index (χ4v) is 8.55. The second-order valence-corrected chi connectivity index (χ2v) is 13.5. The Morgan fingerprint density at radius 1 is 1.05 bits per heavy atom. The Bertz CT molecular complexity index is 1700. The molecule has 10 heteroatoms. The average molecular weight is 594 g/mol. The lowest BCUT2D eigenvalue weighted by atomic mass is 9.49. The number of nitrogens with one attached hydrogen (secondary N) is 1. The van der Waals surface area contributed by atoms with Crippen LogP contribution in [0.3, 0.4) is 0 Å². The molecule has 1 saturated heterocycles. The summed E-state index contributed by atoms with van der Waals surface area (Å²) in [7, 11) is 1.50. The van der Waals surface area contributed by atoms with Crippen LogP contribution in [0.1, 0.15) is 74.2 Å². The number of rotatable bonds is 5. The van der Waals surface area contributed by atoms with Gasteiger partial charge >= 0.3 is 5.97 Å². The summed E-state index contributed by atoms with van der Waals surface area (Å²) in [5.41, 5.74) is 6.10. The topological polar surface area (TPSA) is 120 Å². The van der Waals surface area contributed by atoms with Crippen molar-refractivity contribution in [3.8, 4) is 17.0 Å². The van der Waals surface area contributed by atoms with Crippen molar-refractivity contribution in [2.45, 2.75) is 69.9 Å². The van der Waals surface area contributed by atoms with Gasteiger partial charge in [-0.1, -0.05) is 12.1 Å². The number of carbonyl (C=O) groups excluding carboxylic acids is 1. The largest absolute Gasteiger partial charge is 0.507 e. The van der Waals surface area contributed by atoms with E-state index in [0.29, 0.717) is 28.6 Å². The molecule has 5 heterocycles. The van der Waals surface area contributed by atoms with Crippen LogP contribution >= 0.6 is 0 Å². The Kier molecular flexibility index (Phi) is 6.59. The standard InChI is InChI=1S/C34H39N7O3/c1-20-30-26-13-28(25-5-3-4-6-29(25)42)38-39-31(26)37-27(30)9-12-41(20)33-35-18-23(19-36-33)21-7-10-40(11-8-21)24-16-34(17-24)14-22(15-34)32(43)44-2/h3-6,13,18-22,24,42H,7-12,14-17H2,1-2H3,(H,37,39). The number of phenols is 1. The smallest absolute Gasteiger partial charge is 0.308 e. The van der Waals surface area contributed by atoms with Crippen molar-refractivity contribution >= 4 is 23.0 Å². The van der Waals surface area contributed by atoms with Crippen molar-refractivity contribution < 1.29 is 14.6 Å². The molecule has 0 bridgehead atoms. The van der Waals surface area contributed by atoms with Crippen molar-refractivity contribution in [1.82, 2.24) is 30.0 Å². The highest BCUT2D eigenvalue weighted by atomic mass is 16.5. The number of hydrogen-bond acceptors (Lipinski definition) is 9. The monoisotopic (exact) mass is 593 g/mol. The van der Waals surface area contributed by atoms with Crippen molar-refractivity contribution in [1.29, 1.82) is 0 Å². The summed E-state index contributed by atoms with van der Waals surface area (Å²) in [6.45, 7) is 5.25. The number of esters is 1. The number of piperidine rings is 1. The van der Waals surface area contributed by atoms with Crippen LogP contribution in [0.15, 0.2) is 42.7 Å². The molecule has 1 spiro atoms. The molecule has 2 saturated carbocycles. The molecule has 2 aliphatic carbocycles. The van der Waals surface area contributed by atoms with Gasteiger partial charge in [-0.15, -0.1) is 10.2 Å². The fourth-order valence-electron chi connectivity index (χ4n) is 8.55. The molecule has 0 radical (unpaired) electrons. The van der Waals surface area contributed by atoms with Crippen LogP contribution in [-0.4, -0.2) is 73.9 Å². The van der Waals surface area contributed by atoms with Gasteiger partial charge in [0, 0.05) is 53.6 Å². The molecule has 4 aliphatic rings. The average Bonchev–Trinajstić information content (AvgIpc) is 3.39. The van der Waals surface area contributed by atoms with E-state index in [4.69, 9.17) is 14.7 Å². The van der Waals surface area contributed by atoms with E-state index in [1.807, 2.05) is 30.6 Å². The highest BCUT2D eigenvalue weighted by Gasteiger charge is 2.56. The number of likely N-dealkylation sites (tertiary alicyclic amines) is 1. The number of benzene rings is 1. The van der Waals surface area contributed by atoms with Crippen molar-refractivity contribution in [2.75, 3.05) is 31.6 Å². The lowest BCUT2D eigenvalue weighted by Gasteiger charge is -2.60. The minimum absolute atomic E-state index is 0.0280. The first-order valence-electron chi connectivity index (χ1n) is 16.0. The fraction of sp³-hybridized carbons (Fsp3) is 0.500. The van der Waals surface area contributed by atoms with Crippen LogP contribution in [0.5, 0.6) is 5.75 Å². The Balaban J connectivity index is 0.917. The SMILES string of the molecule is COC(=O)C1CC2(C1)CC(N1CCC(c3cnc(N4CCc5[nH]c6nnc(-c7ccccc7O)cc6c5C4C)nc3)CC1)C2. The molecule has 0 amide bonds. The number of para-hydroxylation sites is 1. The quantitative estimate of drug-likeness (QED) is 0.303. The van der Waals surface area contributed by atoms with Crippen LogP contribution in [0.4, 0.5) is 5.95 Å². The third-order valence-corrected chi connectivity index (χ3v) is 11.0. The molecule has 1 unspecified atom stereocenters. The minimum Gasteiger partial charge on any atom is -0.507 e. The van der Waals surface area contributed by atoms with Gasteiger partial charge in [0.05, 0.1) is 24.8 Å². The molecule has 3 fully saturated rings. The first-order chi connectivity index (χ1) is 21.4. The van der Waals surface area contributed by atoms with Crippen molar-refractivity contribution in [2.24, 2.45) is 11.3 Å². The van der Waals surface area contributed by atoms with E-state index in [1.54, 1.807) is 12.1 Å². The van der Waals surface area contributed by atoms with Crippen LogP contribution < -0.4 is 4.90 Å². The number of aromatic hydroxyl groups is 1.